The molecule has 4 nitrogen and oxygen atoms in total. The van der Waals surface area contributed by atoms with Crippen molar-refractivity contribution >= 4 is 65.9 Å². The molecule has 50 heavy (non-hydrogen) atoms. The second kappa shape index (κ2) is 14.2. The fourth-order valence-electron chi connectivity index (χ4n) is 6.97. The standard InChI is InChI=1S/C44H35N3O.C2H6/c1-3-12-30(13-4-2)43(45)47-44(46-27-28-14-6-5-7-15-28)32-18-10-17-31(26-32)34-24-25-36-35-23-22-29-16-8-9-19-33(29)39(35)37-20-11-21-38-40(37)41(36)42(34)48-38;1-2/h3,5-26H,4,27H2,1-2H3,(H2,45,46,47);1-2H3/b12-3-,30-13+;. The van der Waals surface area contributed by atoms with Crippen LogP contribution in [-0.4, -0.2) is 11.7 Å². The molecule has 1 heterocycles. The highest BCUT2D eigenvalue weighted by Crippen LogP contribution is 2.47. The highest BCUT2D eigenvalue weighted by atomic mass is 16.3. The van der Waals surface area contributed by atoms with Crippen molar-refractivity contribution in [3.63, 3.8) is 0 Å². The molecule has 0 amide bonds. The maximum absolute atomic E-state index is 6.75. The molecular formula is C46H41N3O. The number of nitrogens with two attached hydrogens (primary N) is 1. The minimum Gasteiger partial charge on any atom is -0.455 e. The lowest BCUT2D eigenvalue weighted by Crippen LogP contribution is -2.17. The van der Waals surface area contributed by atoms with Gasteiger partial charge in [-0.25, -0.2) is 4.99 Å². The zero-order valence-electron chi connectivity index (χ0n) is 29.1. The van der Waals surface area contributed by atoms with Gasteiger partial charge in [0, 0.05) is 27.5 Å². The van der Waals surface area contributed by atoms with Crippen LogP contribution in [0.15, 0.2) is 160 Å². The molecule has 1 aromatic heterocycles. The van der Waals surface area contributed by atoms with E-state index < -0.39 is 0 Å². The highest BCUT2D eigenvalue weighted by molar-refractivity contribution is 6.37. The Hall–Kier alpha value is -6.00. The van der Waals surface area contributed by atoms with Crippen LogP contribution >= 0.6 is 0 Å². The molecule has 0 saturated carbocycles. The van der Waals surface area contributed by atoms with Crippen molar-refractivity contribution in [2.24, 2.45) is 15.7 Å². The van der Waals surface area contributed by atoms with Gasteiger partial charge in [-0.1, -0.05) is 142 Å². The molecule has 0 radical (unpaired) electrons. The van der Waals surface area contributed by atoms with Crippen LogP contribution < -0.4 is 5.73 Å². The minimum atomic E-state index is 0.442. The molecule has 7 aromatic carbocycles. The van der Waals surface area contributed by atoms with Crippen molar-refractivity contribution in [3.8, 4) is 11.1 Å². The molecule has 0 atom stereocenters. The minimum absolute atomic E-state index is 0.442. The van der Waals surface area contributed by atoms with Crippen LogP contribution in [0.2, 0.25) is 0 Å². The molecule has 0 aliphatic rings. The molecule has 0 aliphatic heterocycles. The summed E-state index contributed by atoms with van der Waals surface area (Å²) in [5, 5.41) is 9.75. The van der Waals surface area contributed by atoms with Crippen molar-refractivity contribution in [1.29, 1.82) is 0 Å². The van der Waals surface area contributed by atoms with E-state index in [1.165, 1.54) is 37.7 Å². The van der Waals surface area contributed by atoms with Crippen LogP contribution in [0, 0.1) is 0 Å². The van der Waals surface area contributed by atoms with Crippen molar-refractivity contribution in [3.05, 3.63) is 156 Å². The summed E-state index contributed by atoms with van der Waals surface area (Å²) in [6, 6.07) is 42.6. The van der Waals surface area contributed by atoms with Crippen molar-refractivity contribution in [2.45, 2.75) is 40.7 Å². The zero-order valence-corrected chi connectivity index (χ0v) is 29.1. The van der Waals surface area contributed by atoms with E-state index in [2.05, 4.69) is 116 Å². The quantitative estimate of drug-likeness (QED) is 0.0806. The monoisotopic (exact) mass is 651 g/mol. The molecule has 2 N–H and O–H groups in total. The maximum atomic E-state index is 6.75. The van der Waals surface area contributed by atoms with Crippen LogP contribution in [0.4, 0.5) is 0 Å². The number of hydrogen-bond acceptors (Lipinski definition) is 2. The van der Waals surface area contributed by atoms with Gasteiger partial charge in [-0.3, -0.25) is 4.99 Å². The lowest BCUT2D eigenvalue weighted by Gasteiger charge is -2.12. The summed E-state index contributed by atoms with van der Waals surface area (Å²) in [6.07, 6.45) is 6.91. The van der Waals surface area contributed by atoms with Gasteiger partial charge in [0.05, 0.1) is 6.54 Å². The molecule has 0 saturated heterocycles. The van der Waals surface area contributed by atoms with E-state index in [0.29, 0.717) is 18.2 Å². The third kappa shape index (κ3) is 5.83. The van der Waals surface area contributed by atoms with Crippen LogP contribution in [0.3, 0.4) is 0 Å². The summed E-state index contributed by atoms with van der Waals surface area (Å²) in [4.78, 5) is 9.92. The molecule has 0 fully saturated rings. The first-order valence-electron chi connectivity index (χ1n) is 17.5. The van der Waals surface area contributed by atoms with Gasteiger partial charge < -0.3 is 10.2 Å². The molecule has 0 unspecified atom stereocenters. The SMILES string of the molecule is C/C=C\C(=C/CC)C(N)=NC(=NCc1ccccc1)c1cccc(-c2ccc3c4ccc5ccccc5c4c4cccc5oc2c3c54)c1.CC. The van der Waals surface area contributed by atoms with E-state index in [1.807, 2.05) is 51.1 Å². The van der Waals surface area contributed by atoms with Crippen molar-refractivity contribution in [1.82, 2.24) is 0 Å². The van der Waals surface area contributed by atoms with Gasteiger partial charge in [0.2, 0.25) is 0 Å². The highest BCUT2D eigenvalue weighted by Gasteiger charge is 2.21. The number of aliphatic imine (C=N–C) groups is 2. The third-order valence-electron chi connectivity index (χ3n) is 9.11. The van der Waals surface area contributed by atoms with Gasteiger partial charge >= 0.3 is 0 Å². The first kappa shape index (κ1) is 32.5. The molecule has 0 bridgehead atoms. The van der Waals surface area contributed by atoms with Gasteiger partial charge in [0.25, 0.3) is 0 Å². The largest absolute Gasteiger partial charge is 0.455 e. The second-order valence-corrected chi connectivity index (χ2v) is 12.1. The molecule has 0 spiro atoms. The lowest BCUT2D eigenvalue weighted by atomic mass is 9.89. The number of rotatable bonds is 7. The van der Waals surface area contributed by atoms with E-state index in [4.69, 9.17) is 20.1 Å². The van der Waals surface area contributed by atoms with E-state index >= 15 is 0 Å². The Bertz CT molecular complexity index is 2580. The van der Waals surface area contributed by atoms with E-state index in [1.54, 1.807) is 0 Å². The summed E-state index contributed by atoms with van der Waals surface area (Å²) in [5.74, 6) is 1.03. The second-order valence-electron chi connectivity index (χ2n) is 12.1. The van der Waals surface area contributed by atoms with E-state index in [9.17, 15) is 0 Å². The van der Waals surface area contributed by atoms with Crippen molar-refractivity contribution in [2.75, 3.05) is 0 Å². The fraction of sp³-hybridized carbons (Fsp3) is 0.130. The normalized spacial score (nSPS) is 12.9. The third-order valence-corrected chi connectivity index (χ3v) is 9.11. The van der Waals surface area contributed by atoms with Crippen molar-refractivity contribution < 1.29 is 4.42 Å². The number of benzene rings is 7. The van der Waals surface area contributed by atoms with Gasteiger partial charge in [-0.2, -0.15) is 0 Å². The summed E-state index contributed by atoms with van der Waals surface area (Å²) < 4.78 is 6.75. The molecule has 8 rings (SSSR count). The number of amidine groups is 2. The Balaban J connectivity index is 0.00000193. The smallest absolute Gasteiger partial charge is 0.157 e. The maximum Gasteiger partial charge on any atom is 0.157 e. The molecule has 4 heteroatoms. The Kier molecular flexibility index (Phi) is 9.26. The summed E-state index contributed by atoms with van der Waals surface area (Å²) >= 11 is 0. The molecular weight excluding hydrogens is 611 g/mol. The average Bonchev–Trinajstić information content (AvgIpc) is 3.57. The first-order chi connectivity index (χ1) is 24.6. The zero-order chi connectivity index (χ0) is 34.6. The number of hydrogen-bond donors (Lipinski definition) is 1. The summed E-state index contributed by atoms with van der Waals surface area (Å²) in [5.41, 5.74) is 13.3. The van der Waals surface area contributed by atoms with Gasteiger partial charge in [0.15, 0.2) is 5.84 Å². The van der Waals surface area contributed by atoms with E-state index in [0.717, 1.165) is 50.8 Å². The Morgan fingerprint density at radius 1 is 0.720 bits per heavy atom. The molecule has 8 aromatic rings. The Labute approximate surface area is 293 Å². The number of allylic oxidation sites excluding steroid dienone is 2. The van der Waals surface area contributed by atoms with Crippen LogP contribution in [0.1, 0.15) is 45.2 Å². The van der Waals surface area contributed by atoms with Crippen LogP contribution in [-0.2, 0) is 6.54 Å². The van der Waals surface area contributed by atoms with Gasteiger partial charge in [0.1, 0.15) is 17.0 Å². The first-order valence-corrected chi connectivity index (χ1v) is 17.5. The van der Waals surface area contributed by atoms with Gasteiger partial charge in [-0.05, 0) is 75.0 Å². The summed E-state index contributed by atoms with van der Waals surface area (Å²) in [7, 11) is 0. The topological polar surface area (TPSA) is 63.9 Å². The lowest BCUT2D eigenvalue weighted by molar-refractivity contribution is 0.670. The van der Waals surface area contributed by atoms with Crippen LogP contribution in [0.5, 0.6) is 0 Å². The molecule has 0 aliphatic carbocycles. The Morgan fingerprint density at radius 3 is 2.28 bits per heavy atom. The number of fused-ring (bicyclic) bond motifs is 5. The van der Waals surface area contributed by atoms with Crippen LogP contribution in [0.25, 0.3) is 65.4 Å². The predicted octanol–water partition coefficient (Wildman–Crippen LogP) is 12.4. The fourth-order valence-corrected chi connectivity index (χ4v) is 6.97. The Morgan fingerprint density at radius 2 is 1.46 bits per heavy atom. The predicted molar refractivity (Wildman–Crippen MR) is 216 cm³/mol. The summed E-state index contributed by atoms with van der Waals surface area (Å²) in [6.45, 7) is 8.57. The number of nitrogens with zero attached hydrogens (tertiary/aromatic N) is 2. The number of furan rings is 1. The molecule has 246 valence electrons. The van der Waals surface area contributed by atoms with E-state index in [-0.39, 0.29) is 0 Å². The van der Waals surface area contributed by atoms with Gasteiger partial charge in [-0.15, -0.1) is 0 Å². The average molecular weight is 652 g/mol.